The van der Waals surface area contributed by atoms with E-state index in [1.807, 2.05) is 18.2 Å². The van der Waals surface area contributed by atoms with E-state index in [0.29, 0.717) is 23.9 Å². The molecule has 0 unspecified atom stereocenters. The van der Waals surface area contributed by atoms with E-state index in [2.05, 4.69) is 20.6 Å². The maximum Gasteiger partial charge on any atom is 0.146 e. The number of nitrogens with one attached hydrogen (secondary N) is 2. The van der Waals surface area contributed by atoms with Gasteiger partial charge in [0.15, 0.2) is 0 Å². The van der Waals surface area contributed by atoms with Gasteiger partial charge in [-0.25, -0.2) is 9.97 Å². The van der Waals surface area contributed by atoms with Gasteiger partial charge >= 0.3 is 0 Å². The molecule has 26 heavy (non-hydrogen) atoms. The second kappa shape index (κ2) is 8.23. The van der Waals surface area contributed by atoms with Gasteiger partial charge in [0.1, 0.15) is 29.5 Å². The van der Waals surface area contributed by atoms with Gasteiger partial charge in [-0.05, 0) is 25.0 Å². The third-order valence-electron chi connectivity index (χ3n) is 4.72. The Labute approximate surface area is 153 Å². The van der Waals surface area contributed by atoms with E-state index in [1.165, 1.54) is 12.7 Å². The van der Waals surface area contributed by atoms with Gasteiger partial charge in [-0.2, -0.15) is 0 Å². The first-order valence-electron chi connectivity index (χ1n) is 8.89. The lowest BCUT2D eigenvalue weighted by Gasteiger charge is -2.32. The van der Waals surface area contributed by atoms with Gasteiger partial charge in [0.25, 0.3) is 0 Å². The Hall–Kier alpha value is -2.54. The molecule has 2 aromatic rings. The van der Waals surface area contributed by atoms with Crippen molar-refractivity contribution in [1.29, 1.82) is 0 Å². The highest BCUT2D eigenvalue weighted by molar-refractivity contribution is 5.66. The maximum absolute atomic E-state index is 10.6. The number of hydrogen-bond acceptors (Lipinski definition) is 7. The van der Waals surface area contributed by atoms with Gasteiger partial charge in [0, 0.05) is 18.7 Å². The molecule has 140 valence electrons. The molecule has 7 nitrogen and oxygen atoms in total. The van der Waals surface area contributed by atoms with Gasteiger partial charge in [-0.3, -0.25) is 0 Å². The summed E-state index contributed by atoms with van der Waals surface area (Å²) in [7, 11) is 3.22. The minimum absolute atomic E-state index is 0.495. The van der Waals surface area contributed by atoms with Crippen molar-refractivity contribution in [2.45, 2.75) is 37.7 Å². The van der Waals surface area contributed by atoms with Crippen molar-refractivity contribution < 1.29 is 14.6 Å². The summed E-state index contributed by atoms with van der Waals surface area (Å²) >= 11 is 0. The normalized spacial score (nSPS) is 16.0. The average molecular weight is 358 g/mol. The molecule has 0 radical (unpaired) electrons. The van der Waals surface area contributed by atoms with E-state index >= 15 is 0 Å². The van der Waals surface area contributed by atoms with Crippen LogP contribution in [0, 0.1) is 0 Å². The van der Waals surface area contributed by atoms with E-state index < -0.39 is 5.60 Å². The molecule has 1 aliphatic rings. The van der Waals surface area contributed by atoms with Gasteiger partial charge in [0.2, 0.25) is 0 Å². The number of rotatable bonds is 7. The number of hydrogen-bond donors (Lipinski definition) is 3. The number of aliphatic hydroxyl groups is 1. The first kappa shape index (κ1) is 18.3. The van der Waals surface area contributed by atoms with Crippen LogP contribution >= 0.6 is 0 Å². The van der Waals surface area contributed by atoms with Crippen LogP contribution in [0.2, 0.25) is 0 Å². The predicted octanol–water partition coefficient (Wildman–Crippen LogP) is 3.34. The quantitative estimate of drug-likeness (QED) is 0.699. The minimum Gasteiger partial charge on any atom is -0.497 e. The molecule has 1 heterocycles. The Kier molecular flexibility index (Phi) is 5.78. The molecular weight excluding hydrogens is 332 g/mol. The van der Waals surface area contributed by atoms with Crippen molar-refractivity contribution in [1.82, 2.24) is 9.97 Å². The molecule has 0 aliphatic heterocycles. The summed E-state index contributed by atoms with van der Waals surface area (Å²) in [4.78, 5) is 8.50. The Morgan fingerprint density at radius 2 is 1.81 bits per heavy atom. The number of methoxy groups -OCH3 is 2. The predicted molar refractivity (Wildman–Crippen MR) is 101 cm³/mol. The molecule has 0 bridgehead atoms. The summed E-state index contributed by atoms with van der Waals surface area (Å²) in [5, 5.41) is 17.1. The highest BCUT2D eigenvalue weighted by atomic mass is 16.5. The number of aromatic nitrogens is 2. The summed E-state index contributed by atoms with van der Waals surface area (Å²) in [6.07, 6.45) is 6.51. The molecule has 3 N–H and O–H groups in total. The van der Waals surface area contributed by atoms with Crippen LogP contribution < -0.4 is 20.1 Å². The van der Waals surface area contributed by atoms with Gasteiger partial charge in [0.05, 0.1) is 25.5 Å². The van der Waals surface area contributed by atoms with Gasteiger partial charge in [-0.15, -0.1) is 0 Å². The van der Waals surface area contributed by atoms with Crippen molar-refractivity contribution in [2.24, 2.45) is 0 Å². The van der Waals surface area contributed by atoms with Crippen molar-refractivity contribution in [3.8, 4) is 11.5 Å². The summed E-state index contributed by atoms with van der Waals surface area (Å²) in [6.45, 7) is 0.495. The van der Waals surface area contributed by atoms with E-state index in [-0.39, 0.29) is 0 Å². The minimum atomic E-state index is -0.643. The van der Waals surface area contributed by atoms with Crippen LogP contribution in [-0.2, 0) is 0 Å². The SMILES string of the molecule is COc1ccc(Nc2cc(NCC3(O)CCCCC3)ncn2)c(OC)c1. The van der Waals surface area contributed by atoms with E-state index in [4.69, 9.17) is 9.47 Å². The smallest absolute Gasteiger partial charge is 0.146 e. The van der Waals surface area contributed by atoms with Crippen LogP contribution in [0.5, 0.6) is 11.5 Å². The largest absolute Gasteiger partial charge is 0.497 e. The van der Waals surface area contributed by atoms with Gasteiger partial charge in [-0.1, -0.05) is 19.3 Å². The van der Waals surface area contributed by atoms with Crippen LogP contribution in [-0.4, -0.2) is 41.4 Å². The average Bonchev–Trinajstić information content (AvgIpc) is 2.68. The third-order valence-corrected chi connectivity index (χ3v) is 4.72. The van der Waals surface area contributed by atoms with Crippen molar-refractivity contribution in [3.63, 3.8) is 0 Å². The lowest BCUT2D eigenvalue weighted by molar-refractivity contribution is 0.0166. The first-order chi connectivity index (χ1) is 12.6. The molecular formula is C19H26N4O3. The van der Waals surface area contributed by atoms with Crippen LogP contribution in [0.25, 0.3) is 0 Å². The van der Waals surface area contributed by atoms with Crippen LogP contribution in [0.1, 0.15) is 32.1 Å². The summed E-state index contributed by atoms with van der Waals surface area (Å²) in [5.41, 5.74) is 0.138. The number of anilines is 3. The molecule has 0 spiro atoms. The second-order valence-electron chi connectivity index (χ2n) is 6.62. The van der Waals surface area contributed by atoms with Gasteiger partial charge < -0.3 is 25.2 Å². The lowest BCUT2D eigenvalue weighted by Crippen LogP contribution is -2.38. The van der Waals surface area contributed by atoms with Crippen molar-refractivity contribution in [2.75, 3.05) is 31.4 Å². The molecule has 1 aliphatic carbocycles. The Bertz CT molecular complexity index is 732. The monoisotopic (exact) mass is 358 g/mol. The topological polar surface area (TPSA) is 88.5 Å². The van der Waals surface area contributed by atoms with Crippen molar-refractivity contribution >= 4 is 17.3 Å². The molecule has 3 rings (SSSR count). The number of nitrogens with zero attached hydrogens (tertiary/aromatic N) is 2. The molecule has 1 saturated carbocycles. The lowest BCUT2D eigenvalue weighted by atomic mass is 9.85. The number of ether oxygens (including phenoxy) is 2. The first-order valence-corrected chi connectivity index (χ1v) is 8.89. The zero-order valence-electron chi connectivity index (χ0n) is 15.3. The van der Waals surface area contributed by atoms with E-state index in [9.17, 15) is 5.11 Å². The molecule has 7 heteroatoms. The highest BCUT2D eigenvalue weighted by Crippen LogP contribution is 2.31. The third kappa shape index (κ3) is 4.54. The van der Waals surface area contributed by atoms with Crippen LogP contribution in [0.15, 0.2) is 30.6 Å². The number of benzene rings is 1. The zero-order chi connectivity index (χ0) is 18.4. The summed E-state index contributed by atoms with van der Waals surface area (Å²) in [5.74, 6) is 2.70. The fraction of sp³-hybridized carbons (Fsp3) is 0.474. The van der Waals surface area contributed by atoms with Crippen molar-refractivity contribution in [3.05, 3.63) is 30.6 Å². The summed E-state index contributed by atoms with van der Waals surface area (Å²) < 4.78 is 10.6. The Morgan fingerprint density at radius 3 is 2.54 bits per heavy atom. The molecule has 1 fully saturated rings. The highest BCUT2D eigenvalue weighted by Gasteiger charge is 2.28. The molecule has 1 aromatic heterocycles. The maximum atomic E-state index is 10.6. The Balaban J connectivity index is 1.67. The molecule has 0 atom stereocenters. The molecule has 0 amide bonds. The summed E-state index contributed by atoms with van der Waals surface area (Å²) in [6, 6.07) is 7.35. The van der Waals surface area contributed by atoms with E-state index in [0.717, 1.165) is 37.1 Å². The Morgan fingerprint density at radius 1 is 1.04 bits per heavy atom. The standard InChI is InChI=1S/C19H26N4O3/c1-25-14-6-7-15(16(10-14)26-2)23-18-11-17(21-13-22-18)20-12-19(24)8-4-3-5-9-19/h6-7,10-11,13,24H,3-5,8-9,12H2,1-2H3,(H2,20,21,22,23). The fourth-order valence-electron chi connectivity index (χ4n) is 3.20. The fourth-order valence-corrected chi connectivity index (χ4v) is 3.20. The zero-order valence-corrected chi connectivity index (χ0v) is 15.3. The van der Waals surface area contributed by atoms with Crippen LogP contribution in [0.4, 0.5) is 17.3 Å². The molecule has 0 saturated heterocycles. The second-order valence-corrected chi connectivity index (χ2v) is 6.62. The van der Waals surface area contributed by atoms with Crippen LogP contribution in [0.3, 0.4) is 0 Å². The van der Waals surface area contributed by atoms with E-state index in [1.54, 1.807) is 20.3 Å². The molecule has 1 aromatic carbocycles.